The summed E-state index contributed by atoms with van der Waals surface area (Å²) in [6, 6.07) is 11.8. The van der Waals surface area contributed by atoms with Crippen molar-refractivity contribution in [1.29, 1.82) is 0 Å². The van der Waals surface area contributed by atoms with E-state index in [0.29, 0.717) is 17.2 Å². The number of halogens is 1. The predicted molar refractivity (Wildman–Crippen MR) is 108 cm³/mol. The summed E-state index contributed by atoms with van der Waals surface area (Å²) in [6.45, 7) is 10.1. The van der Waals surface area contributed by atoms with Gasteiger partial charge in [-0.1, -0.05) is 49.2 Å². The van der Waals surface area contributed by atoms with Gasteiger partial charge in [-0.25, -0.2) is 0 Å². The van der Waals surface area contributed by atoms with Crippen LogP contribution in [0.2, 0.25) is 5.02 Å². The largest absolute Gasteiger partial charge is 0.481 e. The Morgan fingerprint density at radius 1 is 1.04 bits per heavy atom. The number of carbonyl (C=O) groups excluding carboxylic acids is 1. The van der Waals surface area contributed by atoms with Gasteiger partial charge < -0.3 is 10.1 Å². The molecule has 4 heteroatoms. The highest BCUT2D eigenvalue weighted by Crippen LogP contribution is 2.24. The van der Waals surface area contributed by atoms with E-state index in [1.54, 1.807) is 12.1 Å². The molecule has 0 spiro atoms. The maximum absolute atomic E-state index is 12.8. The second kappa shape index (κ2) is 9.09. The van der Waals surface area contributed by atoms with Gasteiger partial charge in [-0.05, 0) is 68.5 Å². The zero-order chi connectivity index (χ0) is 19.3. The van der Waals surface area contributed by atoms with Gasteiger partial charge >= 0.3 is 0 Å². The zero-order valence-corrected chi connectivity index (χ0v) is 17.0. The third-order valence-electron chi connectivity index (χ3n) is 4.60. The average molecular weight is 374 g/mol. The summed E-state index contributed by atoms with van der Waals surface area (Å²) in [6.07, 6.45) is 0.888. The molecule has 2 aromatic carbocycles. The minimum atomic E-state index is -0.532. The molecule has 0 radical (unpaired) electrons. The fourth-order valence-corrected chi connectivity index (χ4v) is 3.18. The number of ether oxygens (including phenoxy) is 1. The standard InChI is InChI=1S/C22H28ClNO2/c1-6-20(18-10-8-14(3)12-15(18)4)24-22(25)21(7-2)26-17-9-11-19(23)16(5)13-17/h8-13,20-21H,6-7H2,1-5H3,(H,24,25)/t20-,21-/m0/s1. The summed E-state index contributed by atoms with van der Waals surface area (Å²) in [4.78, 5) is 12.8. The van der Waals surface area contributed by atoms with Crippen LogP contribution < -0.4 is 10.1 Å². The van der Waals surface area contributed by atoms with Crippen molar-refractivity contribution in [2.45, 2.75) is 59.6 Å². The lowest BCUT2D eigenvalue weighted by Crippen LogP contribution is -2.40. The van der Waals surface area contributed by atoms with Crippen LogP contribution in [0.4, 0.5) is 0 Å². The summed E-state index contributed by atoms with van der Waals surface area (Å²) < 4.78 is 5.92. The molecular formula is C22H28ClNO2. The first-order chi connectivity index (χ1) is 12.3. The lowest BCUT2D eigenvalue weighted by molar-refractivity contribution is -0.128. The van der Waals surface area contributed by atoms with E-state index in [9.17, 15) is 4.79 Å². The van der Waals surface area contributed by atoms with E-state index in [4.69, 9.17) is 16.3 Å². The molecule has 0 saturated carbocycles. The molecule has 0 aromatic heterocycles. The van der Waals surface area contributed by atoms with Gasteiger partial charge in [-0.15, -0.1) is 0 Å². The van der Waals surface area contributed by atoms with Crippen molar-refractivity contribution in [2.75, 3.05) is 0 Å². The third kappa shape index (κ3) is 5.01. The molecule has 0 unspecified atom stereocenters. The lowest BCUT2D eigenvalue weighted by Gasteiger charge is -2.24. The first kappa shape index (κ1) is 20.3. The molecule has 3 nitrogen and oxygen atoms in total. The van der Waals surface area contributed by atoms with Gasteiger partial charge in [0.15, 0.2) is 6.10 Å². The first-order valence-corrected chi connectivity index (χ1v) is 9.53. The fourth-order valence-electron chi connectivity index (χ4n) is 3.06. The Hall–Kier alpha value is -2.00. The predicted octanol–water partition coefficient (Wildman–Crippen LogP) is 5.69. The van der Waals surface area contributed by atoms with E-state index in [1.807, 2.05) is 19.9 Å². The second-order valence-electron chi connectivity index (χ2n) is 6.76. The molecule has 0 fully saturated rings. The number of benzene rings is 2. The van der Waals surface area contributed by atoms with Crippen molar-refractivity contribution in [2.24, 2.45) is 0 Å². The summed E-state index contributed by atoms with van der Waals surface area (Å²) >= 11 is 6.06. The highest BCUT2D eigenvalue weighted by atomic mass is 35.5. The maximum atomic E-state index is 12.8. The number of amides is 1. The minimum absolute atomic E-state index is 0.0206. The van der Waals surface area contributed by atoms with Crippen LogP contribution in [-0.4, -0.2) is 12.0 Å². The summed E-state index contributed by atoms with van der Waals surface area (Å²) in [5.41, 5.74) is 4.50. The Morgan fingerprint density at radius 3 is 2.35 bits per heavy atom. The topological polar surface area (TPSA) is 38.3 Å². The van der Waals surface area contributed by atoms with Crippen molar-refractivity contribution < 1.29 is 9.53 Å². The van der Waals surface area contributed by atoms with Gasteiger partial charge in [0.2, 0.25) is 0 Å². The van der Waals surface area contributed by atoms with E-state index in [-0.39, 0.29) is 11.9 Å². The number of carbonyl (C=O) groups is 1. The fraction of sp³-hybridized carbons (Fsp3) is 0.409. The average Bonchev–Trinajstić information content (AvgIpc) is 2.60. The number of hydrogen-bond donors (Lipinski definition) is 1. The van der Waals surface area contributed by atoms with Crippen LogP contribution in [0.5, 0.6) is 5.75 Å². The second-order valence-corrected chi connectivity index (χ2v) is 7.16. The zero-order valence-electron chi connectivity index (χ0n) is 16.2. The van der Waals surface area contributed by atoms with Gasteiger partial charge in [0.05, 0.1) is 6.04 Å². The molecule has 140 valence electrons. The molecule has 1 amide bonds. The smallest absolute Gasteiger partial charge is 0.261 e. The molecule has 26 heavy (non-hydrogen) atoms. The molecule has 2 aromatic rings. The molecule has 0 bridgehead atoms. The summed E-state index contributed by atoms with van der Waals surface area (Å²) in [7, 11) is 0. The Kier molecular flexibility index (Phi) is 7.10. The molecule has 2 atom stereocenters. The van der Waals surface area contributed by atoms with Crippen LogP contribution in [0.1, 0.15) is 55.0 Å². The number of aryl methyl sites for hydroxylation is 3. The first-order valence-electron chi connectivity index (χ1n) is 9.16. The molecular weight excluding hydrogens is 346 g/mol. The van der Waals surface area contributed by atoms with Crippen molar-refractivity contribution in [3.05, 3.63) is 63.7 Å². The van der Waals surface area contributed by atoms with Gasteiger partial charge in [-0.2, -0.15) is 0 Å². The quantitative estimate of drug-likeness (QED) is 0.676. The van der Waals surface area contributed by atoms with E-state index in [1.165, 1.54) is 11.1 Å². The van der Waals surface area contributed by atoms with Crippen molar-refractivity contribution in [3.63, 3.8) is 0 Å². The monoisotopic (exact) mass is 373 g/mol. The molecule has 2 rings (SSSR count). The van der Waals surface area contributed by atoms with Gasteiger partial charge in [-0.3, -0.25) is 4.79 Å². The van der Waals surface area contributed by atoms with Crippen molar-refractivity contribution in [3.8, 4) is 5.75 Å². The number of nitrogens with one attached hydrogen (secondary N) is 1. The van der Waals surface area contributed by atoms with Crippen LogP contribution in [-0.2, 0) is 4.79 Å². The van der Waals surface area contributed by atoms with Gasteiger partial charge in [0.1, 0.15) is 5.75 Å². The summed E-state index contributed by atoms with van der Waals surface area (Å²) in [5.74, 6) is 0.570. The highest BCUT2D eigenvalue weighted by molar-refractivity contribution is 6.31. The van der Waals surface area contributed by atoms with Crippen LogP contribution >= 0.6 is 11.6 Å². The van der Waals surface area contributed by atoms with E-state index in [2.05, 4.69) is 44.3 Å². The van der Waals surface area contributed by atoms with Crippen LogP contribution in [0.3, 0.4) is 0 Å². The van der Waals surface area contributed by atoms with E-state index >= 15 is 0 Å². The lowest BCUT2D eigenvalue weighted by atomic mass is 9.97. The van der Waals surface area contributed by atoms with Gasteiger partial charge in [0.25, 0.3) is 5.91 Å². The Labute approximate surface area is 161 Å². The Bertz CT molecular complexity index is 773. The highest BCUT2D eigenvalue weighted by Gasteiger charge is 2.22. The molecule has 0 aliphatic heterocycles. The van der Waals surface area contributed by atoms with Crippen LogP contribution in [0.15, 0.2) is 36.4 Å². The van der Waals surface area contributed by atoms with E-state index < -0.39 is 6.10 Å². The molecule has 0 saturated heterocycles. The Balaban J connectivity index is 2.12. The molecule has 0 aliphatic carbocycles. The molecule has 0 heterocycles. The summed E-state index contributed by atoms with van der Waals surface area (Å²) in [5, 5.41) is 3.84. The minimum Gasteiger partial charge on any atom is -0.481 e. The number of hydrogen-bond acceptors (Lipinski definition) is 2. The normalized spacial score (nSPS) is 13.2. The third-order valence-corrected chi connectivity index (χ3v) is 5.02. The maximum Gasteiger partial charge on any atom is 0.261 e. The SMILES string of the molecule is CC[C@H](Oc1ccc(Cl)c(C)c1)C(=O)N[C@@H](CC)c1ccc(C)cc1C. The van der Waals surface area contributed by atoms with Gasteiger partial charge in [0, 0.05) is 5.02 Å². The van der Waals surface area contributed by atoms with Crippen LogP contribution in [0.25, 0.3) is 0 Å². The Morgan fingerprint density at radius 2 is 1.77 bits per heavy atom. The molecule has 0 aliphatic rings. The molecule has 1 N–H and O–H groups in total. The van der Waals surface area contributed by atoms with Crippen molar-refractivity contribution >= 4 is 17.5 Å². The van der Waals surface area contributed by atoms with E-state index in [0.717, 1.165) is 17.5 Å². The van der Waals surface area contributed by atoms with Crippen molar-refractivity contribution in [1.82, 2.24) is 5.32 Å². The van der Waals surface area contributed by atoms with Crippen LogP contribution in [0, 0.1) is 20.8 Å². The number of rotatable bonds is 7.